The Hall–Kier alpha value is -1.03. The summed E-state index contributed by atoms with van der Waals surface area (Å²) in [5, 5.41) is 17.3. The Morgan fingerprint density at radius 3 is 2.43 bits per heavy atom. The van der Waals surface area contributed by atoms with Crippen molar-refractivity contribution in [2.45, 2.75) is 0 Å². The maximum absolute atomic E-state index is 9.63. The fourth-order valence-electron chi connectivity index (χ4n) is 0.0713. The second kappa shape index (κ2) is 2.20. The summed E-state index contributed by atoms with van der Waals surface area (Å²) in [5.74, 6) is 0. The molecule has 0 spiro atoms. The number of carboxylic acid groups (broad SMARTS) is 1. The molecule has 4 heteroatoms. The standard InChI is InChI=1S/C3H4O4/c1-2-7(6)3(4)5/h2H,1H2,(H,4,5). The molecular formula is C3H4O4. The summed E-state index contributed by atoms with van der Waals surface area (Å²) in [7, 11) is 0. The summed E-state index contributed by atoms with van der Waals surface area (Å²) >= 11 is 0. The molecule has 4 nitrogen and oxygen atoms in total. The molecule has 0 atom stereocenters. The summed E-state index contributed by atoms with van der Waals surface area (Å²) in [6, 6.07) is 0. The SMILES string of the molecule is C=C[O+]([O-])C(=O)O. The normalized spacial score (nSPS) is 7.57. The lowest BCUT2D eigenvalue weighted by Crippen LogP contribution is -2.25. The van der Waals surface area contributed by atoms with E-state index in [1.165, 1.54) is 0 Å². The molecule has 40 valence electrons. The van der Waals surface area contributed by atoms with Gasteiger partial charge in [-0.25, -0.2) is 0 Å². The Bertz CT molecular complexity index is 86.9. The number of hydrogen-bond donors (Lipinski definition) is 1. The summed E-state index contributed by atoms with van der Waals surface area (Å²) in [5.41, 5.74) is 0. The molecule has 0 aromatic heterocycles. The van der Waals surface area contributed by atoms with Gasteiger partial charge in [-0.3, -0.25) is 0 Å². The minimum Gasteiger partial charge on any atom is -0.620 e. The molecular weight excluding hydrogens is 100 g/mol. The van der Waals surface area contributed by atoms with Gasteiger partial charge in [-0.05, 0) is 6.58 Å². The van der Waals surface area contributed by atoms with Gasteiger partial charge in [0, 0.05) is 4.79 Å². The Kier molecular flexibility index (Phi) is 1.87. The average Bonchev–Trinajstić information content (AvgIpc) is 1.65. The van der Waals surface area contributed by atoms with Crippen LogP contribution in [-0.4, -0.2) is 11.3 Å². The lowest BCUT2D eigenvalue weighted by atomic mass is 11.1. The molecule has 0 aliphatic rings. The van der Waals surface area contributed by atoms with E-state index >= 15 is 0 Å². The van der Waals surface area contributed by atoms with Crippen molar-refractivity contribution < 1.29 is 19.7 Å². The zero-order chi connectivity index (χ0) is 5.86. The monoisotopic (exact) mass is 104 g/mol. The van der Waals surface area contributed by atoms with E-state index in [2.05, 4.69) is 6.58 Å². The largest absolute Gasteiger partial charge is 0.730 e. The van der Waals surface area contributed by atoms with Gasteiger partial charge in [0.2, 0.25) is 0 Å². The third-order valence-electron chi connectivity index (χ3n) is 0.323. The molecule has 0 radical (unpaired) electrons. The van der Waals surface area contributed by atoms with E-state index < -0.39 is 6.16 Å². The van der Waals surface area contributed by atoms with E-state index in [-0.39, 0.29) is 0 Å². The van der Waals surface area contributed by atoms with Crippen LogP contribution in [0.15, 0.2) is 12.8 Å². The second-order valence-corrected chi connectivity index (χ2v) is 0.730. The van der Waals surface area contributed by atoms with Gasteiger partial charge >= 0.3 is 6.16 Å². The van der Waals surface area contributed by atoms with Crippen LogP contribution in [0, 0.1) is 0 Å². The lowest BCUT2D eigenvalue weighted by Gasteiger charge is -2.15. The molecule has 0 saturated carbocycles. The smallest absolute Gasteiger partial charge is 0.620 e. The van der Waals surface area contributed by atoms with Crippen LogP contribution in [0.3, 0.4) is 0 Å². The van der Waals surface area contributed by atoms with Crippen molar-refractivity contribution in [3.05, 3.63) is 12.8 Å². The Labute approximate surface area is 39.9 Å². The molecule has 0 rings (SSSR count). The Balaban J connectivity index is 3.55. The van der Waals surface area contributed by atoms with Crippen molar-refractivity contribution >= 4 is 6.16 Å². The molecule has 0 aromatic rings. The van der Waals surface area contributed by atoms with Crippen molar-refractivity contribution in [2.24, 2.45) is 0 Å². The predicted octanol–water partition coefficient (Wildman–Crippen LogP) is -0.364. The van der Waals surface area contributed by atoms with E-state index in [1.807, 2.05) is 0 Å². The molecule has 0 amide bonds. The third kappa shape index (κ3) is 1.77. The summed E-state index contributed by atoms with van der Waals surface area (Å²) in [4.78, 5) is 9.44. The van der Waals surface area contributed by atoms with Crippen LogP contribution in [0.5, 0.6) is 0 Å². The van der Waals surface area contributed by atoms with Crippen molar-refractivity contribution in [3.63, 3.8) is 0 Å². The molecule has 0 heterocycles. The number of hydrogen-bond acceptors (Lipinski definition) is 2. The zero-order valence-electron chi connectivity index (χ0n) is 3.46. The van der Waals surface area contributed by atoms with Crippen molar-refractivity contribution in [3.8, 4) is 0 Å². The molecule has 0 aromatic carbocycles. The summed E-state index contributed by atoms with van der Waals surface area (Å²) < 4.78 is 0.417. The van der Waals surface area contributed by atoms with E-state index in [4.69, 9.17) is 5.11 Å². The first kappa shape index (κ1) is 5.97. The van der Waals surface area contributed by atoms with Crippen LogP contribution in [-0.2, 0) is 4.52 Å². The van der Waals surface area contributed by atoms with Gasteiger partial charge in [-0.15, -0.1) is 0 Å². The maximum atomic E-state index is 9.63. The topological polar surface area (TPSA) is 63.1 Å². The van der Waals surface area contributed by atoms with E-state index in [1.54, 1.807) is 0 Å². The fourth-order valence-corrected chi connectivity index (χ4v) is 0.0713. The molecule has 0 bridgehead atoms. The first-order valence-electron chi connectivity index (χ1n) is 1.44. The fraction of sp³-hybridized carbons (Fsp3) is 0. The Morgan fingerprint density at radius 1 is 2.00 bits per heavy atom. The van der Waals surface area contributed by atoms with Crippen LogP contribution in [0.4, 0.5) is 4.79 Å². The van der Waals surface area contributed by atoms with Crippen LogP contribution in [0.25, 0.3) is 0 Å². The maximum Gasteiger partial charge on any atom is 0.730 e. The van der Waals surface area contributed by atoms with E-state index in [0.29, 0.717) is 10.8 Å². The minimum atomic E-state index is -1.63. The quantitative estimate of drug-likeness (QED) is 0.162. The number of rotatable bonds is 1. The molecule has 0 unspecified atom stereocenters. The number of carbonyl (C=O) groups is 1. The van der Waals surface area contributed by atoms with Crippen LogP contribution >= 0.6 is 0 Å². The first-order chi connectivity index (χ1) is 3.18. The predicted molar refractivity (Wildman–Crippen MR) is 19.3 cm³/mol. The van der Waals surface area contributed by atoms with Crippen LogP contribution < -0.4 is 5.26 Å². The average molecular weight is 104 g/mol. The highest BCUT2D eigenvalue weighted by molar-refractivity contribution is 5.58. The zero-order valence-corrected chi connectivity index (χ0v) is 3.46. The van der Waals surface area contributed by atoms with E-state index in [9.17, 15) is 10.1 Å². The molecule has 0 saturated heterocycles. The lowest BCUT2D eigenvalue weighted by molar-refractivity contribution is -0.734. The van der Waals surface area contributed by atoms with Crippen molar-refractivity contribution in [2.75, 3.05) is 0 Å². The second-order valence-electron chi connectivity index (χ2n) is 0.730. The molecule has 7 heavy (non-hydrogen) atoms. The van der Waals surface area contributed by atoms with E-state index in [0.717, 1.165) is 0 Å². The van der Waals surface area contributed by atoms with Crippen LogP contribution in [0.2, 0.25) is 0 Å². The van der Waals surface area contributed by atoms with Crippen molar-refractivity contribution in [1.82, 2.24) is 0 Å². The highest BCUT2D eigenvalue weighted by Gasteiger charge is 2.03. The van der Waals surface area contributed by atoms with Gasteiger partial charge in [-0.1, -0.05) is 0 Å². The van der Waals surface area contributed by atoms with Gasteiger partial charge in [0.25, 0.3) is 0 Å². The van der Waals surface area contributed by atoms with Gasteiger partial charge in [-0.2, -0.15) is 0 Å². The van der Waals surface area contributed by atoms with Gasteiger partial charge in [0.15, 0.2) is 0 Å². The third-order valence-corrected chi connectivity index (χ3v) is 0.323. The molecule has 1 N–H and O–H groups in total. The van der Waals surface area contributed by atoms with Crippen LogP contribution in [0.1, 0.15) is 0 Å². The van der Waals surface area contributed by atoms with Gasteiger partial charge in [0.05, 0.1) is 0 Å². The highest BCUT2D eigenvalue weighted by atomic mass is 17.2. The summed E-state index contributed by atoms with van der Waals surface area (Å²) in [6.07, 6.45) is -1.04. The van der Waals surface area contributed by atoms with Gasteiger partial charge in [0.1, 0.15) is 6.26 Å². The highest BCUT2D eigenvalue weighted by Crippen LogP contribution is 1.81. The molecule has 0 fully saturated rings. The minimum absolute atomic E-state index is 0.417. The van der Waals surface area contributed by atoms with Gasteiger partial charge < -0.3 is 14.9 Å². The Morgan fingerprint density at radius 2 is 2.43 bits per heavy atom. The molecule has 0 aliphatic carbocycles. The molecule has 0 aliphatic heterocycles. The van der Waals surface area contributed by atoms with Crippen molar-refractivity contribution in [1.29, 1.82) is 0 Å². The first-order valence-corrected chi connectivity index (χ1v) is 1.44. The summed E-state index contributed by atoms with van der Waals surface area (Å²) in [6.45, 7) is 2.88.